The summed E-state index contributed by atoms with van der Waals surface area (Å²) in [6.07, 6.45) is 0. The Morgan fingerprint density at radius 3 is 2.50 bits per heavy atom. The van der Waals surface area contributed by atoms with Crippen molar-refractivity contribution in [2.45, 2.75) is 46.0 Å². The highest BCUT2D eigenvalue weighted by atomic mass is 16.1. The summed E-state index contributed by atoms with van der Waals surface area (Å²) in [5.41, 5.74) is 3.38. The number of amides is 1. The fourth-order valence-electron chi connectivity index (χ4n) is 2.55. The number of carbonyl (C=O) groups excluding carboxylic acids is 1. The van der Waals surface area contributed by atoms with E-state index in [-0.39, 0.29) is 11.3 Å². The van der Waals surface area contributed by atoms with Gasteiger partial charge in [0, 0.05) is 18.0 Å². The molecule has 0 aromatic heterocycles. The minimum atomic E-state index is 0.0769. The molecule has 1 amide bonds. The highest BCUT2D eigenvalue weighted by Gasteiger charge is 2.28. The third kappa shape index (κ3) is 2.29. The molecule has 2 heteroatoms. The topological polar surface area (TPSA) is 29.1 Å². The third-order valence-corrected chi connectivity index (χ3v) is 3.85. The second-order valence-corrected chi connectivity index (χ2v) is 6.61. The van der Waals surface area contributed by atoms with Gasteiger partial charge in [0.1, 0.15) is 0 Å². The molecule has 2 nitrogen and oxygen atoms in total. The second kappa shape index (κ2) is 4.42. The lowest BCUT2D eigenvalue weighted by molar-refractivity contribution is 0.0936. The molecule has 0 saturated carbocycles. The summed E-state index contributed by atoms with van der Waals surface area (Å²) in [5, 5.41) is 3.01. The summed E-state index contributed by atoms with van der Waals surface area (Å²) >= 11 is 0. The first-order chi connectivity index (χ1) is 8.30. The van der Waals surface area contributed by atoms with Gasteiger partial charge in [-0.1, -0.05) is 46.8 Å². The molecule has 0 radical (unpaired) electrons. The van der Waals surface area contributed by atoms with Gasteiger partial charge in [-0.25, -0.2) is 0 Å². The van der Waals surface area contributed by atoms with Gasteiger partial charge in [0.05, 0.1) is 0 Å². The third-order valence-electron chi connectivity index (χ3n) is 3.85. The highest BCUT2D eigenvalue weighted by Crippen LogP contribution is 2.33. The monoisotopic (exact) mass is 245 g/mol. The number of rotatable bonds is 1. The first kappa shape index (κ1) is 13.1. The summed E-state index contributed by atoms with van der Waals surface area (Å²) in [6.45, 7) is 11.7. The quantitative estimate of drug-likeness (QED) is 0.806. The molecule has 1 aliphatic rings. The van der Waals surface area contributed by atoms with Crippen LogP contribution in [-0.2, 0) is 5.41 Å². The van der Waals surface area contributed by atoms with Crippen LogP contribution >= 0.6 is 0 Å². The highest BCUT2D eigenvalue weighted by molar-refractivity contribution is 5.97. The van der Waals surface area contributed by atoms with Crippen LogP contribution in [-0.4, -0.2) is 12.5 Å². The average molecular weight is 245 g/mol. The van der Waals surface area contributed by atoms with E-state index < -0.39 is 0 Å². The zero-order valence-corrected chi connectivity index (χ0v) is 12.0. The van der Waals surface area contributed by atoms with Crippen LogP contribution in [0.25, 0.3) is 0 Å². The molecule has 1 aromatic carbocycles. The van der Waals surface area contributed by atoms with Gasteiger partial charge in [-0.3, -0.25) is 4.79 Å². The maximum Gasteiger partial charge on any atom is 0.251 e. The number of nitrogens with one attached hydrogen (secondary N) is 1. The maximum atomic E-state index is 12.0. The average Bonchev–Trinajstić information content (AvgIpc) is 2.27. The number of hydrogen-bond acceptors (Lipinski definition) is 1. The molecule has 1 aromatic rings. The van der Waals surface area contributed by atoms with Crippen molar-refractivity contribution in [1.82, 2.24) is 5.32 Å². The SMILES string of the molecule is CC(C)C1CNC(=O)c2cc(C(C)(C)C)ccc21. The van der Waals surface area contributed by atoms with Crippen LogP contribution < -0.4 is 5.32 Å². The molecule has 1 heterocycles. The predicted octanol–water partition coefficient (Wildman–Crippen LogP) is 3.47. The van der Waals surface area contributed by atoms with Gasteiger partial charge in [0.15, 0.2) is 0 Å². The smallest absolute Gasteiger partial charge is 0.251 e. The van der Waals surface area contributed by atoms with Crippen LogP contribution in [0.5, 0.6) is 0 Å². The molecule has 98 valence electrons. The van der Waals surface area contributed by atoms with E-state index in [9.17, 15) is 4.79 Å². The van der Waals surface area contributed by atoms with Crippen molar-refractivity contribution in [2.75, 3.05) is 6.54 Å². The standard InChI is InChI=1S/C16H23NO/c1-10(2)14-9-17-15(18)13-8-11(16(3,4)5)6-7-12(13)14/h6-8,10,14H,9H2,1-5H3,(H,17,18). The van der Waals surface area contributed by atoms with E-state index in [4.69, 9.17) is 0 Å². The van der Waals surface area contributed by atoms with Crippen LogP contribution in [0.1, 0.15) is 62.0 Å². The van der Waals surface area contributed by atoms with Crippen molar-refractivity contribution in [3.63, 3.8) is 0 Å². The minimum absolute atomic E-state index is 0.0769. The van der Waals surface area contributed by atoms with Gasteiger partial charge in [-0.05, 0) is 28.5 Å². The van der Waals surface area contributed by atoms with Gasteiger partial charge < -0.3 is 5.32 Å². The molecule has 0 aliphatic carbocycles. The van der Waals surface area contributed by atoms with Crippen LogP contribution in [0, 0.1) is 5.92 Å². The molecule has 1 atom stereocenters. The largest absolute Gasteiger partial charge is 0.351 e. The molecule has 1 aliphatic heterocycles. The van der Waals surface area contributed by atoms with Crippen LogP contribution in [0.2, 0.25) is 0 Å². The van der Waals surface area contributed by atoms with Crippen molar-refractivity contribution in [3.05, 3.63) is 34.9 Å². The van der Waals surface area contributed by atoms with Gasteiger partial charge in [-0.2, -0.15) is 0 Å². The molecule has 2 rings (SSSR count). The van der Waals surface area contributed by atoms with E-state index in [1.807, 2.05) is 0 Å². The van der Waals surface area contributed by atoms with Gasteiger partial charge in [-0.15, -0.1) is 0 Å². The Labute approximate surface area is 110 Å². The first-order valence-electron chi connectivity index (χ1n) is 6.73. The molecule has 0 saturated heterocycles. The van der Waals surface area contributed by atoms with Crippen LogP contribution in [0.3, 0.4) is 0 Å². The summed E-state index contributed by atoms with van der Waals surface area (Å²) in [4.78, 5) is 12.0. The molecular formula is C16H23NO. The van der Waals surface area contributed by atoms with Crippen LogP contribution in [0.15, 0.2) is 18.2 Å². The summed E-state index contributed by atoms with van der Waals surface area (Å²) < 4.78 is 0. The molecule has 0 spiro atoms. The Bertz CT molecular complexity index is 468. The number of hydrogen-bond donors (Lipinski definition) is 1. The zero-order chi connectivity index (χ0) is 13.5. The molecule has 18 heavy (non-hydrogen) atoms. The Morgan fingerprint density at radius 2 is 1.94 bits per heavy atom. The summed E-state index contributed by atoms with van der Waals surface area (Å²) in [5.74, 6) is 1.06. The lowest BCUT2D eigenvalue weighted by Gasteiger charge is -2.30. The number of carbonyl (C=O) groups is 1. The first-order valence-corrected chi connectivity index (χ1v) is 6.73. The molecule has 1 N–H and O–H groups in total. The molecule has 0 fully saturated rings. The van der Waals surface area contributed by atoms with Crippen LogP contribution in [0.4, 0.5) is 0 Å². The Kier molecular flexibility index (Phi) is 3.22. The summed E-state index contributed by atoms with van der Waals surface area (Å²) in [7, 11) is 0. The summed E-state index contributed by atoms with van der Waals surface area (Å²) in [6, 6.07) is 6.39. The Balaban J connectivity index is 2.51. The second-order valence-electron chi connectivity index (χ2n) is 6.61. The van der Waals surface area contributed by atoms with Crippen molar-refractivity contribution in [3.8, 4) is 0 Å². The fourth-order valence-corrected chi connectivity index (χ4v) is 2.55. The predicted molar refractivity (Wildman–Crippen MR) is 75.1 cm³/mol. The number of benzene rings is 1. The minimum Gasteiger partial charge on any atom is -0.351 e. The zero-order valence-electron chi connectivity index (χ0n) is 12.0. The van der Waals surface area contributed by atoms with E-state index in [1.54, 1.807) is 0 Å². The number of fused-ring (bicyclic) bond motifs is 1. The molecular weight excluding hydrogens is 222 g/mol. The van der Waals surface area contributed by atoms with E-state index in [1.165, 1.54) is 11.1 Å². The van der Waals surface area contributed by atoms with E-state index in [0.717, 1.165) is 12.1 Å². The van der Waals surface area contributed by atoms with Gasteiger partial charge in [0.2, 0.25) is 0 Å². The lowest BCUT2D eigenvalue weighted by Crippen LogP contribution is -2.37. The van der Waals surface area contributed by atoms with Gasteiger partial charge >= 0.3 is 0 Å². The maximum absolute atomic E-state index is 12.0. The van der Waals surface area contributed by atoms with Crippen molar-refractivity contribution in [1.29, 1.82) is 0 Å². The normalized spacial score (nSPS) is 19.7. The lowest BCUT2D eigenvalue weighted by atomic mass is 9.79. The van der Waals surface area contributed by atoms with E-state index in [0.29, 0.717) is 11.8 Å². The molecule has 0 bridgehead atoms. The van der Waals surface area contributed by atoms with Crippen molar-refractivity contribution >= 4 is 5.91 Å². The molecule has 1 unspecified atom stereocenters. The Hall–Kier alpha value is -1.31. The van der Waals surface area contributed by atoms with E-state index in [2.05, 4.69) is 58.1 Å². The van der Waals surface area contributed by atoms with Gasteiger partial charge in [0.25, 0.3) is 5.91 Å². The van der Waals surface area contributed by atoms with Crippen molar-refractivity contribution in [2.24, 2.45) is 5.92 Å². The Morgan fingerprint density at radius 1 is 1.28 bits per heavy atom. The van der Waals surface area contributed by atoms with E-state index >= 15 is 0 Å². The fraction of sp³-hybridized carbons (Fsp3) is 0.562. The van der Waals surface area contributed by atoms with Crippen molar-refractivity contribution < 1.29 is 4.79 Å².